The third kappa shape index (κ3) is 4.27. The lowest BCUT2D eigenvalue weighted by Gasteiger charge is -2.12. The highest BCUT2D eigenvalue weighted by atomic mass is 79.9. The van der Waals surface area contributed by atoms with Gasteiger partial charge >= 0.3 is 0 Å². The highest BCUT2D eigenvalue weighted by molar-refractivity contribution is 9.10. The van der Waals surface area contributed by atoms with Crippen LogP contribution in [0.4, 0.5) is 0 Å². The second-order valence-electron chi connectivity index (χ2n) is 4.08. The molecule has 1 N–H and O–H groups in total. The van der Waals surface area contributed by atoms with Crippen LogP contribution in [-0.4, -0.2) is 33.2 Å². The van der Waals surface area contributed by atoms with Crippen LogP contribution >= 0.6 is 15.9 Å². The van der Waals surface area contributed by atoms with Crippen LogP contribution in [-0.2, 0) is 10.8 Å². The van der Waals surface area contributed by atoms with Crippen molar-refractivity contribution in [2.24, 2.45) is 0 Å². The predicted octanol–water partition coefficient (Wildman–Crippen LogP) is 1.94. The summed E-state index contributed by atoms with van der Waals surface area (Å²) in [7, 11) is -0.878. The third-order valence-electron chi connectivity index (χ3n) is 2.28. The number of amides is 1. The quantitative estimate of drug-likeness (QED) is 0.901. The number of carbonyl (C=O) groups is 1. The average molecular weight is 321 g/mol. The van der Waals surface area contributed by atoms with Crippen LogP contribution in [0.2, 0.25) is 0 Å². The van der Waals surface area contributed by atoms with Crippen LogP contribution in [0.5, 0.6) is 0 Å². The Bertz CT molecular complexity index is 429. The predicted molar refractivity (Wildman–Crippen MR) is 73.8 cm³/mol. The SMILES string of the molecule is CC(C)n1cc(Br)cc1C(=O)NCCS(C)=O. The van der Waals surface area contributed by atoms with E-state index in [1.165, 1.54) is 0 Å². The van der Waals surface area contributed by atoms with Gasteiger partial charge in [0.2, 0.25) is 0 Å². The molecule has 1 aromatic rings. The fourth-order valence-electron chi connectivity index (χ4n) is 1.45. The number of carbonyl (C=O) groups excluding carboxylic acids is 1. The fourth-order valence-corrected chi connectivity index (χ4v) is 2.28. The maximum atomic E-state index is 11.9. The van der Waals surface area contributed by atoms with Crippen LogP contribution in [0.3, 0.4) is 0 Å². The number of aromatic nitrogens is 1. The Morgan fingerprint density at radius 3 is 2.76 bits per heavy atom. The Morgan fingerprint density at radius 1 is 1.59 bits per heavy atom. The standard InChI is InChI=1S/C11H17BrN2O2S/c1-8(2)14-7-9(12)6-10(14)11(15)13-4-5-17(3)16/h6-8H,4-5H2,1-3H3,(H,13,15). The maximum Gasteiger partial charge on any atom is 0.267 e. The Hall–Kier alpha value is -0.620. The van der Waals surface area contributed by atoms with E-state index in [0.717, 1.165) is 4.47 Å². The zero-order valence-corrected chi connectivity index (χ0v) is 12.6. The minimum atomic E-state index is -0.878. The molecule has 0 aromatic carbocycles. The number of hydrogen-bond acceptors (Lipinski definition) is 2. The van der Waals surface area contributed by atoms with Crippen molar-refractivity contribution in [2.45, 2.75) is 19.9 Å². The van der Waals surface area contributed by atoms with Crippen molar-refractivity contribution >= 4 is 32.6 Å². The summed E-state index contributed by atoms with van der Waals surface area (Å²) in [6.45, 7) is 4.47. The fraction of sp³-hybridized carbons (Fsp3) is 0.545. The summed E-state index contributed by atoms with van der Waals surface area (Å²) >= 11 is 3.36. The molecule has 1 unspecified atom stereocenters. The highest BCUT2D eigenvalue weighted by Gasteiger charge is 2.14. The van der Waals surface area contributed by atoms with E-state index >= 15 is 0 Å². The lowest BCUT2D eigenvalue weighted by molar-refractivity contribution is 0.0945. The van der Waals surface area contributed by atoms with Gasteiger partial charge in [0.1, 0.15) is 5.69 Å². The van der Waals surface area contributed by atoms with Crippen molar-refractivity contribution in [2.75, 3.05) is 18.6 Å². The summed E-state index contributed by atoms with van der Waals surface area (Å²) < 4.78 is 13.7. The molecule has 0 spiro atoms. The van der Waals surface area contributed by atoms with E-state index < -0.39 is 10.8 Å². The van der Waals surface area contributed by atoms with Gasteiger partial charge in [-0.15, -0.1) is 0 Å². The number of nitrogens with one attached hydrogen (secondary N) is 1. The first-order chi connectivity index (χ1) is 7.91. The monoisotopic (exact) mass is 320 g/mol. The first kappa shape index (κ1) is 14.4. The summed E-state index contributed by atoms with van der Waals surface area (Å²) in [6.07, 6.45) is 3.51. The van der Waals surface area contributed by atoms with Gasteiger partial charge in [-0.05, 0) is 35.8 Å². The minimum Gasteiger partial charge on any atom is -0.350 e. The largest absolute Gasteiger partial charge is 0.350 e. The van der Waals surface area contributed by atoms with Crippen molar-refractivity contribution in [1.29, 1.82) is 0 Å². The lowest BCUT2D eigenvalue weighted by atomic mass is 10.3. The summed E-state index contributed by atoms with van der Waals surface area (Å²) in [5.74, 6) is 0.352. The summed E-state index contributed by atoms with van der Waals surface area (Å²) in [5.41, 5.74) is 0.619. The minimum absolute atomic E-state index is 0.130. The van der Waals surface area contributed by atoms with Gasteiger partial charge in [-0.2, -0.15) is 0 Å². The zero-order chi connectivity index (χ0) is 13.0. The molecule has 0 aliphatic carbocycles. The Kier molecular flexibility index (Phi) is 5.39. The van der Waals surface area contributed by atoms with Gasteiger partial charge in [-0.25, -0.2) is 0 Å². The first-order valence-electron chi connectivity index (χ1n) is 5.37. The molecule has 1 heterocycles. The summed E-state index contributed by atoms with van der Waals surface area (Å²) in [5, 5.41) is 2.77. The number of hydrogen-bond donors (Lipinski definition) is 1. The van der Waals surface area contributed by atoms with E-state index in [1.54, 1.807) is 12.3 Å². The molecule has 17 heavy (non-hydrogen) atoms. The van der Waals surface area contributed by atoms with Crippen molar-refractivity contribution in [3.63, 3.8) is 0 Å². The molecule has 0 saturated heterocycles. The van der Waals surface area contributed by atoms with Gasteiger partial charge in [0.05, 0.1) is 0 Å². The summed E-state index contributed by atoms with van der Waals surface area (Å²) in [6, 6.07) is 2.01. The second kappa shape index (κ2) is 6.35. The number of nitrogens with zero attached hydrogens (tertiary/aromatic N) is 1. The molecular weight excluding hydrogens is 304 g/mol. The van der Waals surface area contributed by atoms with Crippen molar-refractivity contribution in [3.05, 3.63) is 22.4 Å². The molecule has 0 fully saturated rings. The highest BCUT2D eigenvalue weighted by Crippen LogP contribution is 2.19. The van der Waals surface area contributed by atoms with Crippen molar-refractivity contribution < 1.29 is 9.00 Å². The van der Waals surface area contributed by atoms with Crippen LogP contribution in [0.25, 0.3) is 0 Å². The van der Waals surface area contributed by atoms with Gasteiger partial charge in [-0.1, -0.05) is 0 Å². The molecule has 0 saturated carbocycles. The van der Waals surface area contributed by atoms with Gasteiger partial charge in [-0.3, -0.25) is 9.00 Å². The van der Waals surface area contributed by atoms with Gasteiger partial charge < -0.3 is 9.88 Å². The van der Waals surface area contributed by atoms with E-state index in [4.69, 9.17) is 0 Å². The van der Waals surface area contributed by atoms with E-state index in [2.05, 4.69) is 21.2 Å². The Balaban J connectivity index is 2.71. The molecule has 4 nitrogen and oxygen atoms in total. The van der Waals surface area contributed by atoms with Crippen molar-refractivity contribution in [1.82, 2.24) is 9.88 Å². The molecular formula is C11H17BrN2O2S. The van der Waals surface area contributed by atoms with E-state index in [-0.39, 0.29) is 11.9 Å². The molecule has 1 rings (SSSR count). The normalized spacial score (nSPS) is 12.8. The number of rotatable bonds is 5. The van der Waals surface area contributed by atoms with E-state index in [9.17, 15) is 9.00 Å². The van der Waals surface area contributed by atoms with Crippen LogP contribution in [0.15, 0.2) is 16.7 Å². The molecule has 0 aliphatic heterocycles. The third-order valence-corrected chi connectivity index (χ3v) is 3.49. The molecule has 1 amide bonds. The second-order valence-corrected chi connectivity index (χ2v) is 6.55. The zero-order valence-electron chi connectivity index (χ0n) is 10.2. The summed E-state index contributed by atoms with van der Waals surface area (Å²) in [4.78, 5) is 11.9. The maximum absolute atomic E-state index is 11.9. The number of halogens is 1. The van der Waals surface area contributed by atoms with E-state index in [1.807, 2.05) is 24.6 Å². The molecule has 96 valence electrons. The van der Waals surface area contributed by atoms with Gasteiger partial charge in [0.15, 0.2) is 0 Å². The topological polar surface area (TPSA) is 51.1 Å². The average Bonchev–Trinajstić information content (AvgIpc) is 2.59. The van der Waals surface area contributed by atoms with E-state index in [0.29, 0.717) is 18.0 Å². The molecule has 6 heteroatoms. The first-order valence-corrected chi connectivity index (χ1v) is 7.89. The van der Waals surface area contributed by atoms with Crippen molar-refractivity contribution in [3.8, 4) is 0 Å². The molecule has 1 aromatic heterocycles. The molecule has 0 radical (unpaired) electrons. The molecule has 1 atom stereocenters. The van der Waals surface area contributed by atoms with Crippen LogP contribution in [0, 0.1) is 0 Å². The van der Waals surface area contributed by atoms with Gasteiger partial charge in [0.25, 0.3) is 5.91 Å². The van der Waals surface area contributed by atoms with Crippen LogP contribution in [0.1, 0.15) is 30.4 Å². The smallest absolute Gasteiger partial charge is 0.267 e. The van der Waals surface area contributed by atoms with Gasteiger partial charge in [0, 0.05) is 46.1 Å². The molecule has 0 bridgehead atoms. The molecule has 0 aliphatic rings. The van der Waals surface area contributed by atoms with Crippen LogP contribution < -0.4 is 5.32 Å². The Morgan fingerprint density at radius 2 is 2.24 bits per heavy atom. The Labute approximate surface area is 112 Å². The lowest BCUT2D eigenvalue weighted by Crippen LogP contribution is -2.29.